The first-order valence-electron chi connectivity index (χ1n) is 44.0. The normalized spacial score (nSPS) is 15.1. The third kappa shape index (κ3) is 30.8. The minimum absolute atomic E-state index is 0.00733. The number of carbonyl (C=O) groups is 8. The van der Waals surface area contributed by atoms with Crippen LogP contribution in [-0.4, -0.2) is 143 Å². The summed E-state index contributed by atoms with van der Waals surface area (Å²) in [5, 5.41) is 37.6. The first-order chi connectivity index (χ1) is 61.3. The molecule has 2 saturated heterocycles. The molecule has 129 heavy (non-hydrogen) atoms. The number of likely N-dealkylation sites (tertiary alicyclic amines) is 1. The zero-order valence-corrected chi connectivity index (χ0v) is 77.0. The summed E-state index contributed by atoms with van der Waals surface area (Å²) in [6, 6.07) is 60.4. The SMILES string of the molecule is CC(C)(C)OC(=O)[C@@H]1CCCN1Cl.C[C@@H](CCCCNC(=O)OC(C)(C)C)c1noc([C@H](CCC(=O)NC(c2ccccc2)(c2ccccc2)c2ccccc2)NC(=O)N2CCCC2C(=O)OC(C)(C)C)n1.C[C@@H](CCCCNC(=O)OC(C)(C)C)c1noc([C@H](CCC(=O)NC(c2ccccc2)(c2ccccc2)c2ccccc2)NC(=O)Oc2ccc([N+](=O)[O-])cc2)n1. The number of hydrogen-bond acceptors (Lipinski definition) is 22. The number of carbonyl (C=O) groups excluding carboxylic acids is 8. The van der Waals surface area contributed by atoms with Crippen LogP contribution < -0.4 is 36.6 Å². The van der Waals surface area contributed by atoms with Crippen LogP contribution in [0, 0.1) is 10.1 Å². The number of esters is 2. The number of alkyl carbamates (subject to hydrolysis) is 2. The summed E-state index contributed by atoms with van der Waals surface area (Å²) >= 11 is 5.83. The number of benzene rings is 7. The van der Waals surface area contributed by atoms with Crippen LogP contribution in [0.15, 0.2) is 215 Å². The van der Waals surface area contributed by atoms with Gasteiger partial charge in [0.25, 0.3) is 5.69 Å². The second kappa shape index (κ2) is 46.9. The molecule has 0 bridgehead atoms. The fraction of sp³-hybridized carbons (Fsp3) is 0.449. The summed E-state index contributed by atoms with van der Waals surface area (Å²) in [6.45, 7) is 27.8. The lowest BCUT2D eigenvalue weighted by molar-refractivity contribution is -0.384. The van der Waals surface area contributed by atoms with Gasteiger partial charge < -0.3 is 69.5 Å². The Hall–Kier alpha value is -12.6. The van der Waals surface area contributed by atoms with Crippen molar-refractivity contribution < 1.29 is 76.0 Å². The maximum Gasteiger partial charge on any atom is 0.413 e. The lowest BCUT2D eigenvalue weighted by Crippen LogP contribution is -2.49. The van der Waals surface area contributed by atoms with Crippen molar-refractivity contribution in [1.82, 2.24) is 61.5 Å². The van der Waals surface area contributed by atoms with E-state index in [1.807, 2.05) is 237 Å². The predicted octanol–water partition coefficient (Wildman–Crippen LogP) is 18.8. The minimum atomic E-state index is -1.05. The number of nitro groups is 1. The number of nitrogens with zero attached hydrogens (tertiary/aromatic N) is 7. The first-order valence-corrected chi connectivity index (χ1v) is 44.4. The maximum absolute atomic E-state index is 14.3. The molecule has 0 spiro atoms. The fourth-order valence-corrected chi connectivity index (χ4v) is 15.2. The molecular weight excluding hydrogens is 1670 g/mol. The zero-order chi connectivity index (χ0) is 93.5. The standard InChI is InChI=1S/C46H60N6O7.C43H48N6O8.C9H16ClNO2/c1-32(20-17-18-30-47-43(56)58-45(5,6)7)39-49-40(59-51-39)36(48-42(55)52-31-19-27-37(52)41(54)57-44(2,3)4)28-29-38(53)50-46(33-21-11-8-12-22-33,34-23-13-9-14-24-34)35-25-15-10-16-26-35;1-30(16-14-15-29-44-40(51)56-42(2,3)4)38-46-39(57-48-38)36(45-41(52)55-35-25-23-34(24-26-35)49(53)54)27-28-37(50)47-43(31-17-8-5-9-18-31,32-19-10-6-11-20-32)33-21-12-7-13-22-33;1-9(2,3)13-8(12)7-5-4-6-11(7)10/h8-16,21-26,32,36-37H,17-20,27-31H2,1-7H3,(H,47,56)(H,48,55)(H,50,53);5-13,17-26,30,36H,14-16,27-29H2,1-4H3,(H,44,51)(H,45,52)(H,47,50);7H,4-6H2,1-3H3/t32-,36-,37?;30-,36-;7-/m000/s1. The van der Waals surface area contributed by atoms with Gasteiger partial charge in [0.2, 0.25) is 23.6 Å². The Balaban J connectivity index is 0.000000255. The van der Waals surface area contributed by atoms with Crippen molar-refractivity contribution in [2.75, 3.05) is 26.2 Å². The summed E-state index contributed by atoms with van der Waals surface area (Å²) < 4.78 is 39.9. The lowest BCUT2D eigenvalue weighted by atomic mass is 9.77. The number of urea groups is 1. The summed E-state index contributed by atoms with van der Waals surface area (Å²) in [7, 11) is 0. The molecule has 0 saturated carbocycles. The highest BCUT2D eigenvalue weighted by Gasteiger charge is 2.43. The van der Waals surface area contributed by atoms with Crippen LogP contribution in [0.2, 0.25) is 0 Å². The van der Waals surface area contributed by atoms with Crippen molar-refractivity contribution in [2.45, 2.75) is 256 Å². The molecule has 2 aromatic heterocycles. The average Bonchev–Trinajstić information content (AvgIpc) is 1.76. The Labute approximate surface area is 760 Å². The van der Waals surface area contributed by atoms with Crippen LogP contribution in [0.4, 0.5) is 24.9 Å². The van der Waals surface area contributed by atoms with E-state index in [0.717, 1.165) is 78.5 Å². The van der Waals surface area contributed by atoms with E-state index in [1.54, 1.807) is 41.5 Å². The van der Waals surface area contributed by atoms with Gasteiger partial charge in [-0.1, -0.05) is 219 Å². The highest BCUT2D eigenvalue weighted by molar-refractivity contribution is 6.15. The molecule has 0 aliphatic carbocycles. The van der Waals surface area contributed by atoms with Crippen molar-refractivity contribution in [2.24, 2.45) is 0 Å². The molecule has 2 aliphatic rings. The quantitative estimate of drug-likeness (QED) is 0.00415. The zero-order valence-electron chi connectivity index (χ0n) is 76.3. The summed E-state index contributed by atoms with van der Waals surface area (Å²) in [6.07, 6.45) is 5.60. The van der Waals surface area contributed by atoms with Crippen LogP contribution in [0.3, 0.4) is 0 Å². The van der Waals surface area contributed by atoms with Gasteiger partial charge in [0.05, 0.1) is 4.92 Å². The summed E-state index contributed by atoms with van der Waals surface area (Å²) in [5.41, 5.74) is 0.711. The van der Waals surface area contributed by atoms with Gasteiger partial charge in [-0.25, -0.2) is 28.4 Å². The number of aromatic nitrogens is 4. The molecule has 7 aromatic carbocycles. The molecule has 2 aliphatic heterocycles. The summed E-state index contributed by atoms with van der Waals surface area (Å²) in [5.74, 6) is -0.254. The predicted molar refractivity (Wildman–Crippen MR) is 488 cm³/mol. The van der Waals surface area contributed by atoms with Crippen LogP contribution >= 0.6 is 11.8 Å². The number of amides is 7. The number of hydrogen-bond donors (Lipinski definition) is 6. The third-order valence-corrected chi connectivity index (χ3v) is 21.4. The van der Waals surface area contributed by atoms with Crippen LogP contribution in [0.1, 0.15) is 268 Å². The molecule has 1 unspecified atom stereocenters. The molecule has 7 amide bonds. The Morgan fingerprint density at radius 1 is 0.450 bits per heavy atom. The van der Waals surface area contributed by atoms with Gasteiger partial charge in [-0.05, 0) is 205 Å². The molecular formula is C98H124ClN13O17. The van der Waals surface area contributed by atoms with Gasteiger partial charge in [0, 0.05) is 63.0 Å². The highest BCUT2D eigenvalue weighted by Crippen LogP contribution is 2.40. The molecule has 4 heterocycles. The monoisotopic (exact) mass is 1790 g/mol. The van der Waals surface area contributed by atoms with Crippen molar-refractivity contribution in [3.05, 3.63) is 273 Å². The number of rotatable bonds is 34. The largest absolute Gasteiger partial charge is 0.459 e. The molecule has 6 atom stereocenters. The average molecular weight is 1790 g/mol. The summed E-state index contributed by atoms with van der Waals surface area (Å²) in [4.78, 5) is 126. The first kappa shape index (κ1) is 100. The smallest absolute Gasteiger partial charge is 0.413 e. The van der Waals surface area contributed by atoms with E-state index in [0.29, 0.717) is 57.0 Å². The van der Waals surface area contributed by atoms with E-state index in [9.17, 15) is 48.5 Å². The molecule has 6 N–H and O–H groups in total. The lowest BCUT2D eigenvalue weighted by Gasteiger charge is -2.37. The minimum Gasteiger partial charge on any atom is -0.459 e. The molecule has 2 fully saturated rings. The molecule has 31 heteroatoms. The Morgan fingerprint density at radius 2 is 0.791 bits per heavy atom. The Kier molecular flexibility index (Phi) is 36.5. The second-order valence-corrected chi connectivity index (χ2v) is 36.5. The number of halogens is 1. The number of nitro benzene ring substituents is 1. The van der Waals surface area contributed by atoms with Gasteiger partial charge >= 0.3 is 36.2 Å². The van der Waals surface area contributed by atoms with Crippen molar-refractivity contribution in [1.29, 1.82) is 0 Å². The van der Waals surface area contributed by atoms with E-state index in [-0.39, 0.29) is 84.6 Å². The van der Waals surface area contributed by atoms with Crippen molar-refractivity contribution >= 4 is 65.5 Å². The Bertz CT molecular complexity index is 4870. The third-order valence-electron chi connectivity index (χ3n) is 21.0. The topological polar surface area (TPSA) is 382 Å². The number of non-ortho nitro benzene ring substituents is 1. The van der Waals surface area contributed by atoms with E-state index in [4.69, 9.17) is 49.5 Å². The van der Waals surface area contributed by atoms with E-state index in [2.05, 4.69) is 47.2 Å². The highest BCUT2D eigenvalue weighted by atomic mass is 35.5. The van der Waals surface area contributed by atoms with Crippen LogP contribution in [0.25, 0.3) is 0 Å². The number of ether oxygens (including phenoxy) is 5. The van der Waals surface area contributed by atoms with Gasteiger partial charge in [0.15, 0.2) is 11.6 Å². The maximum atomic E-state index is 14.3. The van der Waals surface area contributed by atoms with Crippen LogP contribution in [0.5, 0.6) is 5.75 Å². The molecule has 30 nitrogen and oxygen atoms in total. The van der Waals surface area contributed by atoms with Gasteiger partial charge in [-0.2, -0.15) is 9.97 Å². The van der Waals surface area contributed by atoms with Gasteiger partial charge in [0.1, 0.15) is 63.4 Å². The Morgan fingerprint density at radius 3 is 1.13 bits per heavy atom. The molecule has 0 radical (unpaired) electrons. The van der Waals surface area contributed by atoms with E-state index >= 15 is 0 Å². The second-order valence-electron chi connectivity index (χ2n) is 36.0. The fourth-order valence-electron chi connectivity index (χ4n) is 14.9. The van der Waals surface area contributed by atoms with Gasteiger partial charge in [-0.15, -0.1) is 0 Å². The van der Waals surface area contributed by atoms with Crippen molar-refractivity contribution in [3.63, 3.8) is 0 Å². The molecule has 11 rings (SSSR count). The van der Waals surface area contributed by atoms with Crippen LogP contribution in [-0.2, 0) is 49.2 Å². The molecule has 690 valence electrons. The molecule has 9 aromatic rings. The van der Waals surface area contributed by atoms with E-state index < -0.39 is 86.8 Å². The number of unbranched alkanes of at least 4 members (excludes halogenated alkanes) is 2. The van der Waals surface area contributed by atoms with E-state index in [1.165, 1.54) is 33.6 Å². The number of nitrogens with one attached hydrogen (secondary N) is 6. The van der Waals surface area contributed by atoms with Gasteiger partial charge in [-0.3, -0.25) is 24.5 Å². The van der Waals surface area contributed by atoms with Crippen molar-refractivity contribution in [3.8, 4) is 5.75 Å².